The van der Waals surface area contributed by atoms with E-state index in [-0.39, 0.29) is 11.2 Å². The molecule has 1 aliphatic heterocycles. The normalized spacial score (nSPS) is 21.0. The second kappa shape index (κ2) is 6.81. The Labute approximate surface area is 137 Å². The van der Waals surface area contributed by atoms with E-state index < -0.39 is 0 Å². The Bertz CT molecular complexity index is 587. The third kappa shape index (κ3) is 3.62. The molecule has 0 unspecified atom stereocenters. The first-order valence-electron chi connectivity index (χ1n) is 8.14. The summed E-state index contributed by atoms with van der Waals surface area (Å²) in [6, 6.07) is 6.69. The van der Waals surface area contributed by atoms with Gasteiger partial charge >= 0.3 is 0 Å². The maximum absolute atomic E-state index is 13.1. The lowest BCUT2D eigenvalue weighted by Gasteiger charge is -2.27. The van der Waals surface area contributed by atoms with Crippen LogP contribution in [-0.2, 0) is 10.2 Å². The van der Waals surface area contributed by atoms with E-state index in [1.807, 2.05) is 12.1 Å². The number of ether oxygens (including phenoxy) is 1. The zero-order valence-electron chi connectivity index (χ0n) is 13.6. The van der Waals surface area contributed by atoms with Gasteiger partial charge in [0, 0.05) is 37.3 Å². The van der Waals surface area contributed by atoms with Crippen LogP contribution in [0.15, 0.2) is 41.5 Å². The Hall–Kier alpha value is -1.72. The summed E-state index contributed by atoms with van der Waals surface area (Å²) in [5, 5.41) is 3.34. The smallest absolute Gasteiger partial charge is 0.202 e. The average molecular weight is 317 g/mol. The van der Waals surface area contributed by atoms with Crippen LogP contribution in [0.1, 0.15) is 18.4 Å². The van der Waals surface area contributed by atoms with Crippen LogP contribution in [0.3, 0.4) is 0 Å². The minimum Gasteiger partial charge on any atom is -0.483 e. The van der Waals surface area contributed by atoms with E-state index in [1.54, 1.807) is 7.11 Å². The van der Waals surface area contributed by atoms with Gasteiger partial charge in [-0.05, 0) is 30.5 Å². The largest absolute Gasteiger partial charge is 0.483 e. The van der Waals surface area contributed by atoms with Crippen molar-refractivity contribution >= 4 is 5.90 Å². The minimum atomic E-state index is -0.213. The Kier molecular flexibility index (Phi) is 4.78. The van der Waals surface area contributed by atoms with Crippen LogP contribution in [0, 0.1) is 5.82 Å². The lowest BCUT2D eigenvalue weighted by molar-refractivity contribution is 0.251. The SMILES string of the molecule is C=C(/N=C(/CN1CCNCC1)OC)C1(c2ccc(F)cc2)CC1. The lowest BCUT2D eigenvalue weighted by Crippen LogP contribution is -2.45. The van der Waals surface area contributed by atoms with Crippen molar-refractivity contribution in [3.63, 3.8) is 0 Å². The highest BCUT2D eigenvalue weighted by Gasteiger charge is 2.47. The molecule has 1 aliphatic carbocycles. The Morgan fingerprint density at radius 2 is 1.96 bits per heavy atom. The molecule has 0 atom stereocenters. The predicted molar refractivity (Wildman–Crippen MR) is 90.2 cm³/mol. The van der Waals surface area contributed by atoms with Gasteiger partial charge in [-0.1, -0.05) is 18.7 Å². The molecule has 4 nitrogen and oxygen atoms in total. The minimum absolute atomic E-state index is 0.138. The molecule has 0 amide bonds. The first-order valence-corrected chi connectivity index (χ1v) is 8.14. The van der Waals surface area contributed by atoms with Crippen LogP contribution in [0.5, 0.6) is 0 Å². The molecule has 2 fully saturated rings. The van der Waals surface area contributed by atoms with Crippen molar-refractivity contribution < 1.29 is 9.13 Å². The second-order valence-corrected chi connectivity index (χ2v) is 6.27. The molecule has 1 saturated heterocycles. The van der Waals surface area contributed by atoms with E-state index in [4.69, 9.17) is 4.74 Å². The fourth-order valence-electron chi connectivity index (χ4n) is 3.10. The summed E-state index contributed by atoms with van der Waals surface area (Å²) < 4.78 is 18.6. The number of rotatable bonds is 5. The summed E-state index contributed by atoms with van der Waals surface area (Å²) >= 11 is 0. The maximum atomic E-state index is 13.1. The molecule has 1 heterocycles. The monoisotopic (exact) mass is 317 g/mol. The second-order valence-electron chi connectivity index (χ2n) is 6.27. The molecule has 0 radical (unpaired) electrons. The molecule has 1 aromatic rings. The molecule has 23 heavy (non-hydrogen) atoms. The van der Waals surface area contributed by atoms with Crippen molar-refractivity contribution in [2.24, 2.45) is 4.99 Å². The van der Waals surface area contributed by atoms with Gasteiger partial charge in [0.2, 0.25) is 5.90 Å². The number of hydrogen-bond donors (Lipinski definition) is 1. The molecule has 5 heteroatoms. The van der Waals surface area contributed by atoms with Gasteiger partial charge in [0.15, 0.2) is 0 Å². The van der Waals surface area contributed by atoms with Crippen LogP contribution >= 0.6 is 0 Å². The maximum Gasteiger partial charge on any atom is 0.202 e. The Balaban J connectivity index is 1.71. The average Bonchev–Trinajstić information content (AvgIpc) is 3.37. The quantitative estimate of drug-likeness (QED) is 0.669. The van der Waals surface area contributed by atoms with Crippen molar-refractivity contribution in [1.29, 1.82) is 0 Å². The van der Waals surface area contributed by atoms with Crippen LogP contribution in [-0.4, -0.2) is 50.6 Å². The molecule has 1 aromatic carbocycles. The van der Waals surface area contributed by atoms with Crippen molar-refractivity contribution in [3.8, 4) is 0 Å². The first-order chi connectivity index (χ1) is 11.1. The number of methoxy groups -OCH3 is 1. The molecule has 0 bridgehead atoms. The lowest BCUT2D eigenvalue weighted by atomic mass is 9.93. The fraction of sp³-hybridized carbons (Fsp3) is 0.500. The number of halogens is 1. The zero-order chi connectivity index (χ0) is 16.3. The summed E-state index contributed by atoms with van der Waals surface area (Å²) in [5.41, 5.74) is 1.77. The van der Waals surface area contributed by atoms with E-state index in [2.05, 4.69) is 21.8 Å². The molecule has 2 aliphatic rings. The third-order valence-corrected chi connectivity index (χ3v) is 4.76. The van der Waals surface area contributed by atoms with E-state index in [0.717, 1.165) is 50.3 Å². The van der Waals surface area contributed by atoms with Gasteiger partial charge in [-0.3, -0.25) is 4.90 Å². The van der Waals surface area contributed by atoms with E-state index in [1.165, 1.54) is 12.1 Å². The van der Waals surface area contributed by atoms with Crippen molar-refractivity contribution in [2.45, 2.75) is 18.3 Å². The summed E-state index contributed by atoms with van der Waals surface area (Å²) in [6.07, 6.45) is 2.01. The summed E-state index contributed by atoms with van der Waals surface area (Å²) in [6.45, 7) is 8.87. The molecule has 1 saturated carbocycles. The van der Waals surface area contributed by atoms with Crippen molar-refractivity contribution in [1.82, 2.24) is 10.2 Å². The highest BCUT2D eigenvalue weighted by Crippen LogP contribution is 2.53. The van der Waals surface area contributed by atoms with Gasteiger partial charge in [0.05, 0.1) is 13.7 Å². The van der Waals surface area contributed by atoms with E-state index >= 15 is 0 Å². The topological polar surface area (TPSA) is 36.9 Å². The van der Waals surface area contributed by atoms with Gasteiger partial charge in [0.1, 0.15) is 5.82 Å². The summed E-state index contributed by atoms with van der Waals surface area (Å²) in [5.74, 6) is 0.486. The van der Waals surface area contributed by atoms with Crippen molar-refractivity contribution in [2.75, 3.05) is 39.8 Å². The number of benzene rings is 1. The molecule has 3 rings (SSSR count). The molecule has 0 spiro atoms. The standard InChI is InChI=1S/C18H24FN3O/c1-14(18(7-8-18)15-3-5-16(19)6-4-15)21-17(23-2)13-22-11-9-20-10-12-22/h3-6,20H,1,7-13H2,2H3/b21-17-. The highest BCUT2D eigenvalue weighted by molar-refractivity contribution is 5.79. The number of piperazine rings is 1. The van der Waals surface area contributed by atoms with Crippen molar-refractivity contribution in [3.05, 3.63) is 47.9 Å². The number of allylic oxidation sites excluding steroid dienone is 1. The van der Waals surface area contributed by atoms with Gasteiger partial charge in [-0.15, -0.1) is 0 Å². The summed E-state index contributed by atoms with van der Waals surface area (Å²) in [4.78, 5) is 6.99. The zero-order valence-corrected chi connectivity index (χ0v) is 13.6. The number of aliphatic imine (C=N–C) groups is 1. The van der Waals surface area contributed by atoms with Crippen LogP contribution < -0.4 is 5.32 Å². The van der Waals surface area contributed by atoms with Crippen LogP contribution in [0.25, 0.3) is 0 Å². The molecular formula is C18H24FN3O. The first kappa shape index (κ1) is 16.1. The highest BCUT2D eigenvalue weighted by atomic mass is 19.1. The van der Waals surface area contributed by atoms with Gasteiger partial charge < -0.3 is 10.1 Å². The molecule has 1 N–H and O–H groups in total. The molecule has 0 aromatic heterocycles. The van der Waals surface area contributed by atoms with Crippen LogP contribution in [0.4, 0.5) is 4.39 Å². The number of nitrogens with zero attached hydrogens (tertiary/aromatic N) is 2. The summed E-state index contributed by atoms with van der Waals surface area (Å²) in [7, 11) is 1.66. The Morgan fingerprint density at radius 3 is 2.52 bits per heavy atom. The predicted octanol–water partition coefficient (Wildman–Crippen LogP) is 2.32. The van der Waals surface area contributed by atoms with Crippen LogP contribution in [0.2, 0.25) is 0 Å². The fourth-order valence-corrected chi connectivity index (χ4v) is 3.10. The van der Waals surface area contributed by atoms with Gasteiger partial charge in [-0.25, -0.2) is 9.38 Å². The molecular weight excluding hydrogens is 293 g/mol. The number of nitrogens with one attached hydrogen (secondary N) is 1. The van der Waals surface area contributed by atoms with Gasteiger partial charge in [0.25, 0.3) is 0 Å². The Morgan fingerprint density at radius 1 is 1.30 bits per heavy atom. The third-order valence-electron chi connectivity index (χ3n) is 4.76. The number of hydrogen-bond acceptors (Lipinski definition) is 4. The van der Waals surface area contributed by atoms with E-state index in [9.17, 15) is 4.39 Å². The van der Waals surface area contributed by atoms with Gasteiger partial charge in [-0.2, -0.15) is 0 Å². The van der Waals surface area contributed by atoms with E-state index in [0.29, 0.717) is 12.4 Å². The molecule has 124 valence electrons.